The Kier molecular flexibility index (Phi) is 5.67. The average molecular weight is 266 g/mol. The largest absolute Gasteiger partial charge is 0.382 e. The zero-order valence-electron chi connectivity index (χ0n) is 9.56. The molecule has 1 amide bonds. The number of rotatable bonds is 5. The molecule has 0 heterocycles. The van der Waals surface area contributed by atoms with Gasteiger partial charge in [0.25, 0.3) is 0 Å². The van der Waals surface area contributed by atoms with Crippen LogP contribution in [0.3, 0.4) is 0 Å². The number of hydrogen-bond acceptors (Lipinski definition) is 2. The van der Waals surface area contributed by atoms with Crippen LogP contribution in [-0.4, -0.2) is 30.0 Å². The van der Waals surface area contributed by atoms with E-state index in [0.29, 0.717) is 6.61 Å². The summed E-state index contributed by atoms with van der Waals surface area (Å²) in [6, 6.07) is 0. The summed E-state index contributed by atoms with van der Waals surface area (Å²) >= 11 is 3.36. The molecule has 0 aliphatic rings. The van der Waals surface area contributed by atoms with Crippen LogP contribution in [0.25, 0.3) is 0 Å². The second-order valence-electron chi connectivity index (χ2n) is 4.45. The summed E-state index contributed by atoms with van der Waals surface area (Å²) in [6.07, 6.45) is 0. The van der Waals surface area contributed by atoms with E-state index in [4.69, 9.17) is 4.74 Å². The first-order valence-corrected chi connectivity index (χ1v) is 5.67. The molecule has 0 aromatic carbocycles. The van der Waals surface area contributed by atoms with E-state index in [1.54, 1.807) is 7.11 Å². The van der Waals surface area contributed by atoms with Crippen LogP contribution < -0.4 is 5.32 Å². The Balaban J connectivity index is 4.17. The molecule has 0 fully saturated rings. The third-order valence-corrected chi connectivity index (χ3v) is 3.28. The molecular weight excluding hydrogens is 246 g/mol. The molecule has 0 radical (unpaired) electrons. The molecule has 14 heavy (non-hydrogen) atoms. The van der Waals surface area contributed by atoms with Crippen molar-refractivity contribution in [3.8, 4) is 0 Å². The molecular formula is C10H20BrNO2. The Labute approximate surface area is 94.7 Å². The SMILES string of the molecule is COCC(C)(C)NC(=O)C(Br)C(C)C. The molecule has 1 atom stereocenters. The van der Waals surface area contributed by atoms with Crippen LogP contribution in [-0.2, 0) is 9.53 Å². The molecule has 3 nitrogen and oxygen atoms in total. The standard InChI is InChI=1S/C10H20BrNO2/c1-7(2)8(11)9(13)12-10(3,4)6-14-5/h7-8H,6H2,1-5H3,(H,12,13). The highest BCUT2D eigenvalue weighted by Gasteiger charge is 2.25. The fourth-order valence-corrected chi connectivity index (χ4v) is 1.22. The van der Waals surface area contributed by atoms with E-state index in [2.05, 4.69) is 21.2 Å². The number of methoxy groups -OCH3 is 1. The Hall–Kier alpha value is -0.0900. The highest BCUT2D eigenvalue weighted by Crippen LogP contribution is 2.13. The lowest BCUT2D eigenvalue weighted by Crippen LogP contribution is -2.50. The smallest absolute Gasteiger partial charge is 0.234 e. The first kappa shape index (κ1) is 13.9. The number of nitrogens with one attached hydrogen (secondary N) is 1. The van der Waals surface area contributed by atoms with Crippen molar-refractivity contribution in [3.63, 3.8) is 0 Å². The minimum Gasteiger partial charge on any atom is -0.382 e. The highest BCUT2D eigenvalue weighted by molar-refractivity contribution is 9.10. The van der Waals surface area contributed by atoms with Crippen LogP contribution in [0.4, 0.5) is 0 Å². The maximum atomic E-state index is 11.7. The summed E-state index contributed by atoms with van der Waals surface area (Å²) < 4.78 is 5.02. The number of carbonyl (C=O) groups excluding carboxylic acids is 1. The fourth-order valence-electron chi connectivity index (χ4n) is 1.10. The maximum Gasteiger partial charge on any atom is 0.234 e. The maximum absolute atomic E-state index is 11.7. The molecule has 1 unspecified atom stereocenters. The van der Waals surface area contributed by atoms with E-state index in [1.807, 2.05) is 27.7 Å². The summed E-state index contributed by atoms with van der Waals surface area (Å²) in [5.41, 5.74) is -0.313. The zero-order chi connectivity index (χ0) is 11.4. The number of ether oxygens (including phenoxy) is 1. The number of hydrogen-bond donors (Lipinski definition) is 1. The molecule has 0 aromatic rings. The summed E-state index contributed by atoms with van der Waals surface area (Å²) in [6.45, 7) is 8.39. The normalized spacial score (nSPS) is 14.2. The predicted octanol–water partition coefficient (Wildman–Crippen LogP) is 1.95. The lowest BCUT2D eigenvalue weighted by Gasteiger charge is -2.27. The van der Waals surface area contributed by atoms with Crippen molar-refractivity contribution in [1.82, 2.24) is 5.32 Å². The number of alkyl halides is 1. The molecule has 0 aliphatic carbocycles. The van der Waals surface area contributed by atoms with Gasteiger partial charge in [0.2, 0.25) is 5.91 Å². The average Bonchev–Trinajstić information content (AvgIpc) is 2.01. The van der Waals surface area contributed by atoms with Gasteiger partial charge in [-0.05, 0) is 19.8 Å². The van der Waals surface area contributed by atoms with Gasteiger partial charge in [-0.1, -0.05) is 29.8 Å². The van der Waals surface area contributed by atoms with Crippen LogP contribution in [0.15, 0.2) is 0 Å². The Bertz CT molecular complexity index is 193. The topological polar surface area (TPSA) is 38.3 Å². The van der Waals surface area contributed by atoms with Gasteiger partial charge in [0.05, 0.1) is 17.0 Å². The summed E-state index contributed by atoms with van der Waals surface area (Å²) in [5, 5.41) is 2.93. The van der Waals surface area contributed by atoms with Gasteiger partial charge >= 0.3 is 0 Å². The molecule has 0 spiro atoms. The first-order valence-electron chi connectivity index (χ1n) is 4.75. The zero-order valence-corrected chi connectivity index (χ0v) is 11.1. The van der Waals surface area contributed by atoms with Crippen molar-refractivity contribution < 1.29 is 9.53 Å². The lowest BCUT2D eigenvalue weighted by atomic mass is 10.1. The van der Waals surface area contributed by atoms with Gasteiger partial charge in [-0.2, -0.15) is 0 Å². The van der Waals surface area contributed by atoms with Gasteiger partial charge in [-0.3, -0.25) is 4.79 Å². The second-order valence-corrected chi connectivity index (χ2v) is 5.44. The van der Waals surface area contributed by atoms with Crippen molar-refractivity contribution in [3.05, 3.63) is 0 Å². The predicted molar refractivity (Wildman–Crippen MR) is 61.7 cm³/mol. The summed E-state index contributed by atoms with van der Waals surface area (Å²) in [7, 11) is 1.63. The monoisotopic (exact) mass is 265 g/mol. The van der Waals surface area contributed by atoms with Crippen molar-refractivity contribution >= 4 is 21.8 Å². The van der Waals surface area contributed by atoms with E-state index >= 15 is 0 Å². The molecule has 1 N–H and O–H groups in total. The van der Waals surface area contributed by atoms with E-state index in [-0.39, 0.29) is 22.2 Å². The summed E-state index contributed by atoms with van der Waals surface area (Å²) in [5.74, 6) is 0.301. The number of carbonyl (C=O) groups is 1. The molecule has 0 aliphatic heterocycles. The number of amides is 1. The van der Waals surface area contributed by atoms with Gasteiger partial charge in [-0.25, -0.2) is 0 Å². The molecule has 0 rings (SSSR count). The van der Waals surface area contributed by atoms with E-state index in [9.17, 15) is 4.79 Å². The van der Waals surface area contributed by atoms with E-state index in [1.165, 1.54) is 0 Å². The lowest BCUT2D eigenvalue weighted by molar-refractivity contribution is -0.123. The van der Waals surface area contributed by atoms with E-state index in [0.717, 1.165) is 0 Å². The molecule has 0 saturated heterocycles. The second kappa shape index (κ2) is 5.71. The molecule has 0 bridgehead atoms. The number of halogens is 1. The van der Waals surface area contributed by atoms with Gasteiger partial charge in [0.15, 0.2) is 0 Å². The molecule has 4 heteroatoms. The Morgan fingerprint density at radius 3 is 2.36 bits per heavy atom. The van der Waals surface area contributed by atoms with Crippen molar-refractivity contribution in [2.45, 2.75) is 38.1 Å². The summed E-state index contributed by atoms with van der Waals surface area (Å²) in [4.78, 5) is 11.5. The van der Waals surface area contributed by atoms with Gasteiger partial charge < -0.3 is 10.1 Å². The third-order valence-electron chi connectivity index (χ3n) is 1.80. The highest BCUT2D eigenvalue weighted by atomic mass is 79.9. The van der Waals surface area contributed by atoms with Gasteiger partial charge in [0.1, 0.15) is 0 Å². The van der Waals surface area contributed by atoms with Crippen LogP contribution >= 0.6 is 15.9 Å². The minimum absolute atomic E-state index is 0.0158. The quantitative estimate of drug-likeness (QED) is 0.772. The van der Waals surface area contributed by atoms with Crippen molar-refractivity contribution in [2.24, 2.45) is 5.92 Å². The fraction of sp³-hybridized carbons (Fsp3) is 0.900. The van der Waals surface area contributed by atoms with Crippen LogP contribution in [0, 0.1) is 5.92 Å². The molecule has 0 aromatic heterocycles. The Morgan fingerprint density at radius 1 is 1.50 bits per heavy atom. The molecule has 84 valence electrons. The molecule has 0 saturated carbocycles. The minimum atomic E-state index is -0.313. The van der Waals surface area contributed by atoms with E-state index < -0.39 is 0 Å². The van der Waals surface area contributed by atoms with Crippen LogP contribution in [0.2, 0.25) is 0 Å². The Morgan fingerprint density at radius 2 is 2.00 bits per heavy atom. The third kappa shape index (κ3) is 4.96. The van der Waals surface area contributed by atoms with Crippen LogP contribution in [0.1, 0.15) is 27.7 Å². The van der Waals surface area contributed by atoms with Gasteiger partial charge in [0, 0.05) is 7.11 Å². The first-order chi connectivity index (χ1) is 6.30. The van der Waals surface area contributed by atoms with Gasteiger partial charge in [-0.15, -0.1) is 0 Å². The van der Waals surface area contributed by atoms with Crippen molar-refractivity contribution in [2.75, 3.05) is 13.7 Å². The van der Waals surface area contributed by atoms with Crippen molar-refractivity contribution in [1.29, 1.82) is 0 Å². The van der Waals surface area contributed by atoms with Crippen LogP contribution in [0.5, 0.6) is 0 Å².